The van der Waals surface area contributed by atoms with Crippen LogP contribution in [-0.4, -0.2) is 57.0 Å². The Morgan fingerprint density at radius 2 is 2.00 bits per heavy atom. The van der Waals surface area contributed by atoms with E-state index in [0.29, 0.717) is 37.4 Å². The Hall–Kier alpha value is -2.28. The van der Waals surface area contributed by atoms with Crippen LogP contribution in [0.5, 0.6) is 11.5 Å². The van der Waals surface area contributed by atoms with Gasteiger partial charge in [0.05, 0.1) is 34.0 Å². The number of ether oxygens (including phenoxy) is 4. The minimum Gasteiger partial charge on any atom is -0.493 e. The number of nitrogens with zero attached hydrogens (tertiary/aromatic N) is 1. The Kier molecular flexibility index (Phi) is 5.66. The summed E-state index contributed by atoms with van der Waals surface area (Å²) in [6, 6.07) is 5.76. The molecule has 3 rings (SSSR count). The predicted molar refractivity (Wildman–Crippen MR) is 93.0 cm³/mol. The summed E-state index contributed by atoms with van der Waals surface area (Å²) in [4.78, 5) is 26.0. The molecule has 1 unspecified atom stereocenters. The Bertz CT molecular complexity index is 676. The van der Waals surface area contributed by atoms with Crippen LogP contribution >= 0.6 is 0 Å². The molecule has 2 aliphatic heterocycles. The summed E-state index contributed by atoms with van der Waals surface area (Å²) in [5, 5.41) is 0. The fraction of sp³-hybridized carbons (Fsp3) is 0.579. The first-order valence-corrected chi connectivity index (χ1v) is 8.76. The van der Waals surface area contributed by atoms with Gasteiger partial charge in [-0.3, -0.25) is 9.59 Å². The number of hydrogen-bond acceptors (Lipinski definition) is 6. The monoisotopic (exact) mass is 363 g/mol. The van der Waals surface area contributed by atoms with E-state index in [4.69, 9.17) is 18.9 Å². The van der Waals surface area contributed by atoms with Gasteiger partial charge in [-0.15, -0.1) is 0 Å². The minimum absolute atomic E-state index is 0.00956. The molecule has 3 atom stereocenters. The van der Waals surface area contributed by atoms with Gasteiger partial charge in [-0.1, -0.05) is 6.07 Å². The van der Waals surface area contributed by atoms with E-state index < -0.39 is 0 Å². The summed E-state index contributed by atoms with van der Waals surface area (Å²) < 4.78 is 21.2. The van der Waals surface area contributed by atoms with Crippen molar-refractivity contribution in [3.63, 3.8) is 0 Å². The van der Waals surface area contributed by atoms with E-state index >= 15 is 0 Å². The van der Waals surface area contributed by atoms with E-state index in [2.05, 4.69) is 0 Å². The predicted octanol–water partition coefficient (Wildman–Crippen LogP) is 1.77. The van der Waals surface area contributed by atoms with Crippen molar-refractivity contribution in [2.45, 2.75) is 38.0 Å². The van der Waals surface area contributed by atoms with Gasteiger partial charge in [0.25, 0.3) is 0 Å². The van der Waals surface area contributed by atoms with Gasteiger partial charge in [-0.25, -0.2) is 0 Å². The lowest BCUT2D eigenvalue weighted by atomic mass is 9.91. The Morgan fingerprint density at radius 1 is 1.23 bits per heavy atom. The molecular formula is C19H25NO6. The summed E-state index contributed by atoms with van der Waals surface area (Å²) in [6.45, 7) is 0.496. The second-order valence-electron chi connectivity index (χ2n) is 6.72. The van der Waals surface area contributed by atoms with Gasteiger partial charge >= 0.3 is 5.97 Å². The number of carbonyl (C=O) groups excluding carboxylic acids is 2. The summed E-state index contributed by atoms with van der Waals surface area (Å²) in [7, 11) is 4.57. The minimum atomic E-state index is -0.281. The third kappa shape index (κ3) is 3.77. The van der Waals surface area contributed by atoms with E-state index in [9.17, 15) is 9.59 Å². The maximum absolute atomic E-state index is 12.6. The number of amides is 1. The SMILES string of the molecule is COC(=O)C[C@H]1CC(=O)N2C(C1)OC[C@@H]2Cc1ccc(OC)c(OC)c1. The van der Waals surface area contributed by atoms with Gasteiger partial charge in [0.1, 0.15) is 6.23 Å². The van der Waals surface area contributed by atoms with E-state index in [0.717, 1.165) is 5.56 Å². The third-order valence-corrected chi connectivity index (χ3v) is 5.07. The molecule has 7 heteroatoms. The lowest BCUT2D eigenvalue weighted by Crippen LogP contribution is -2.48. The van der Waals surface area contributed by atoms with Crippen LogP contribution in [0.25, 0.3) is 0 Å². The van der Waals surface area contributed by atoms with Crippen molar-refractivity contribution in [3.8, 4) is 11.5 Å². The highest BCUT2D eigenvalue weighted by Crippen LogP contribution is 2.35. The van der Waals surface area contributed by atoms with Crippen LogP contribution in [0, 0.1) is 5.92 Å². The number of piperidine rings is 1. The van der Waals surface area contributed by atoms with Crippen molar-refractivity contribution >= 4 is 11.9 Å². The number of benzene rings is 1. The number of hydrogen-bond donors (Lipinski definition) is 0. The quantitative estimate of drug-likeness (QED) is 0.717. The smallest absolute Gasteiger partial charge is 0.305 e. The first-order valence-electron chi connectivity index (χ1n) is 8.76. The second kappa shape index (κ2) is 7.95. The standard InChI is InChI=1S/C19H25NO6/c1-23-15-5-4-12(7-16(15)24-2)6-14-11-26-18-9-13(10-19(22)25-3)8-17(21)20(14)18/h4-5,7,13-14,18H,6,8-11H2,1-3H3/t13-,14-,18?/m0/s1. The van der Waals surface area contributed by atoms with Crippen molar-refractivity contribution in [1.29, 1.82) is 0 Å². The molecule has 1 aromatic rings. The highest BCUT2D eigenvalue weighted by molar-refractivity contribution is 5.79. The van der Waals surface area contributed by atoms with Crippen LogP contribution in [0.15, 0.2) is 18.2 Å². The van der Waals surface area contributed by atoms with E-state index in [1.54, 1.807) is 14.2 Å². The largest absolute Gasteiger partial charge is 0.493 e. The van der Waals surface area contributed by atoms with Gasteiger partial charge in [0.2, 0.25) is 5.91 Å². The van der Waals surface area contributed by atoms with Crippen LogP contribution in [0.1, 0.15) is 24.8 Å². The van der Waals surface area contributed by atoms with Gasteiger partial charge in [0.15, 0.2) is 11.5 Å². The molecule has 0 aliphatic carbocycles. The van der Waals surface area contributed by atoms with Gasteiger partial charge in [0, 0.05) is 12.8 Å². The average Bonchev–Trinajstić information content (AvgIpc) is 3.04. The highest BCUT2D eigenvalue weighted by atomic mass is 16.5. The Morgan fingerprint density at radius 3 is 2.69 bits per heavy atom. The zero-order valence-electron chi connectivity index (χ0n) is 15.4. The van der Waals surface area contributed by atoms with Crippen molar-refractivity contribution in [1.82, 2.24) is 4.90 Å². The lowest BCUT2D eigenvalue weighted by molar-refractivity contribution is -0.149. The lowest BCUT2D eigenvalue weighted by Gasteiger charge is -2.35. The van der Waals surface area contributed by atoms with Crippen LogP contribution in [0.4, 0.5) is 0 Å². The first kappa shape index (κ1) is 18.5. The second-order valence-corrected chi connectivity index (χ2v) is 6.72. The topological polar surface area (TPSA) is 74.3 Å². The molecule has 2 saturated heterocycles. The maximum atomic E-state index is 12.6. The molecule has 0 saturated carbocycles. The fourth-order valence-electron chi connectivity index (χ4n) is 3.80. The zero-order valence-corrected chi connectivity index (χ0v) is 15.4. The molecule has 26 heavy (non-hydrogen) atoms. The zero-order chi connectivity index (χ0) is 18.7. The Balaban J connectivity index is 1.67. The van der Waals surface area contributed by atoms with Crippen molar-refractivity contribution < 1.29 is 28.5 Å². The number of carbonyl (C=O) groups is 2. The van der Waals surface area contributed by atoms with E-state index in [1.165, 1.54) is 7.11 Å². The molecule has 0 radical (unpaired) electrons. The molecule has 142 valence electrons. The maximum Gasteiger partial charge on any atom is 0.305 e. The normalized spacial score (nSPS) is 25.0. The molecule has 1 amide bonds. The molecule has 7 nitrogen and oxygen atoms in total. The van der Waals surface area contributed by atoms with Crippen LogP contribution in [0.3, 0.4) is 0 Å². The molecule has 0 spiro atoms. The molecule has 0 aromatic heterocycles. The number of rotatable bonds is 6. The van der Waals surface area contributed by atoms with Crippen LogP contribution in [-0.2, 0) is 25.5 Å². The number of esters is 1. The highest BCUT2D eigenvalue weighted by Gasteiger charge is 2.43. The van der Waals surface area contributed by atoms with E-state index in [-0.39, 0.29) is 36.5 Å². The van der Waals surface area contributed by atoms with Gasteiger partial charge in [-0.05, 0) is 36.5 Å². The van der Waals surface area contributed by atoms with Crippen LogP contribution in [0.2, 0.25) is 0 Å². The van der Waals surface area contributed by atoms with Crippen molar-refractivity contribution in [3.05, 3.63) is 23.8 Å². The Labute approximate surface area is 153 Å². The first-order chi connectivity index (χ1) is 12.5. The molecule has 2 aliphatic rings. The summed E-state index contributed by atoms with van der Waals surface area (Å²) >= 11 is 0. The molecule has 2 fully saturated rings. The van der Waals surface area contributed by atoms with E-state index in [1.807, 2.05) is 23.1 Å². The molecule has 2 heterocycles. The van der Waals surface area contributed by atoms with Crippen molar-refractivity contribution in [2.24, 2.45) is 5.92 Å². The molecule has 0 bridgehead atoms. The van der Waals surface area contributed by atoms with Crippen molar-refractivity contribution in [2.75, 3.05) is 27.9 Å². The molecule has 1 aromatic carbocycles. The van der Waals surface area contributed by atoms with Gasteiger partial charge in [-0.2, -0.15) is 0 Å². The molecular weight excluding hydrogens is 338 g/mol. The third-order valence-electron chi connectivity index (χ3n) is 5.07. The summed E-state index contributed by atoms with van der Waals surface area (Å²) in [5.74, 6) is 1.09. The summed E-state index contributed by atoms with van der Waals surface area (Å²) in [5.41, 5.74) is 1.06. The average molecular weight is 363 g/mol. The van der Waals surface area contributed by atoms with Gasteiger partial charge < -0.3 is 23.8 Å². The van der Waals surface area contributed by atoms with Crippen LogP contribution < -0.4 is 9.47 Å². The molecule has 0 N–H and O–H groups in total. The summed E-state index contributed by atoms with van der Waals surface area (Å²) in [6.07, 6.45) is 1.72. The number of methoxy groups -OCH3 is 3. The fourth-order valence-corrected chi connectivity index (χ4v) is 3.80. The number of fused-ring (bicyclic) bond motifs is 1.